The number of nitrogens with one attached hydrogen (secondary N) is 1. The number of hydrogen-bond donors (Lipinski definition) is 2. The minimum atomic E-state index is -3.40. The van der Waals surface area contributed by atoms with E-state index in [-0.39, 0.29) is 10.0 Å². The summed E-state index contributed by atoms with van der Waals surface area (Å²) >= 11 is 0.794. The molecule has 0 saturated heterocycles. The first kappa shape index (κ1) is 10.9. The lowest BCUT2D eigenvalue weighted by atomic mass is 10.4. The SMILES string of the molecule is Cc1nc(NS(C)(=O)=O)sc1C(=O)O. The zero-order valence-electron chi connectivity index (χ0n) is 7.44. The fraction of sp³-hybridized carbons (Fsp3) is 0.333. The predicted octanol–water partition coefficient (Wildman–Crippen LogP) is 0.521. The van der Waals surface area contributed by atoms with Gasteiger partial charge < -0.3 is 5.11 Å². The number of aryl methyl sites for hydroxylation is 1. The third-order valence-electron chi connectivity index (χ3n) is 1.26. The summed E-state index contributed by atoms with van der Waals surface area (Å²) in [5.41, 5.74) is 0.300. The van der Waals surface area contributed by atoms with Crippen molar-refractivity contribution in [2.45, 2.75) is 6.92 Å². The lowest BCUT2D eigenvalue weighted by Crippen LogP contribution is -2.08. The van der Waals surface area contributed by atoms with Crippen LogP contribution in [0.5, 0.6) is 0 Å². The van der Waals surface area contributed by atoms with E-state index < -0.39 is 16.0 Å². The molecule has 14 heavy (non-hydrogen) atoms. The van der Waals surface area contributed by atoms with Crippen molar-refractivity contribution >= 4 is 32.5 Å². The van der Waals surface area contributed by atoms with Gasteiger partial charge in [0, 0.05) is 0 Å². The molecule has 0 aliphatic rings. The van der Waals surface area contributed by atoms with Crippen molar-refractivity contribution in [3.05, 3.63) is 10.6 Å². The van der Waals surface area contributed by atoms with E-state index >= 15 is 0 Å². The van der Waals surface area contributed by atoms with E-state index in [9.17, 15) is 13.2 Å². The Morgan fingerprint density at radius 3 is 2.50 bits per heavy atom. The third kappa shape index (κ3) is 2.67. The van der Waals surface area contributed by atoms with Gasteiger partial charge in [-0.2, -0.15) is 0 Å². The van der Waals surface area contributed by atoms with Crippen LogP contribution in [0.1, 0.15) is 15.4 Å². The Kier molecular flexibility index (Phi) is 2.76. The Morgan fingerprint density at radius 2 is 2.14 bits per heavy atom. The van der Waals surface area contributed by atoms with Gasteiger partial charge >= 0.3 is 5.97 Å². The summed E-state index contributed by atoms with van der Waals surface area (Å²) < 4.78 is 23.7. The lowest BCUT2D eigenvalue weighted by molar-refractivity contribution is 0.0701. The second kappa shape index (κ2) is 3.54. The molecule has 0 aliphatic carbocycles. The number of rotatable bonds is 3. The number of carboxylic acid groups (broad SMARTS) is 1. The molecule has 2 N–H and O–H groups in total. The van der Waals surface area contributed by atoms with Crippen molar-refractivity contribution in [2.24, 2.45) is 0 Å². The number of aromatic carboxylic acids is 1. The molecule has 0 bridgehead atoms. The van der Waals surface area contributed by atoms with Crippen molar-refractivity contribution < 1.29 is 18.3 Å². The zero-order valence-corrected chi connectivity index (χ0v) is 9.07. The van der Waals surface area contributed by atoms with Crippen molar-refractivity contribution in [3.63, 3.8) is 0 Å². The number of hydrogen-bond acceptors (Lipinski definition) is 5. The number of sulfonamides is 1. The van der Waals surface area contributed by atoms with E-state index in [0.717, 1.165) is 17.6 Å². The van der Waals surface area contributed by atoms with E-state index in [0.29, 0.717) is 5.69 Å². The molecule has 0 aromatic carbocycles. The quantitative estimate of drug-likeness (QED) is 0.797. The monoisotopic (exact) mass is 236 g/mol. The Morgan fingerprint density at radius 1 is 1.57 bits per heavy atom. The number of carbonyl (C=O) groups is 1. The second-order valence-corrected chi connectivity index (χ2v) is 5.36. The molecule has 1 heterocycles. The van der Waals surface area contributed by atoms with E-state index in [1.807, 2.05) is 0 Å². The molecule has 0 atom stereocenters. The molecular formula is C6H8N2O4S2. The molecule has 0 aliphatic heterocycles. The Labute approximate surface area is 84.7 Å². The third-order valence-corrected chi connectivity index (χ3v) is 3.02. The predicted molar refractivity (Wildman–Crippen MR) is 52.3 cm³/mol. The van der Waals surface area contributed by atoms with E-state index in [4.69, 9.17) is 5.11 Å². The molecule has 0 radical (unpaired) electrons. The summed E-state index contributed by atoms with van der Waals surface area (Å²) in [6.07, 6.45) is 0.976. The summed E-state index contributed by atoms with van der Waals surface area (Å²) in [6.45, 7) is 1.51. The van der Waals surface area contributed by atoms with E-state index in [1.54, 1.807) is 0 Å². The average molecular weight is 236 g/mol. The topological polar surface area (TPSA) is 96.4 Å². The summed E-state index contributed by atoms with van der Waals surface area (Å²) in [6, 6.07) is 0. The van der Waals surface area contributed by atoms with Gasteiger partial charge in [-0.25, -0.2) is 18.2 Å². The highest BCUT2D eigenvalue weighted by atomic mass is 32.2. The number of carboxylic acids is 1. The van der Waals surface area contributed by atoms with E-state index in [1.165, 1.54) is 6.92 Å². The highest BCUT2D eigenvalue weighted by Crippen LogP contribution is 2.22. The molecule has 78 valence electrons. The molecule has 0 fully saturated rings. The highest BCUT2D eigenvalue weighted by molar-refractivity contribution is 7.92. The molecule has 0 unspecified atom stereocenters. The molecule has 1 aromatic heterocycles. The number of aromatic nitrogens is 1. The highest BCUT2D eigenvalue weighted by Gasteiger charge is 2.15. The Balaban J connectivity index is 3.04. The van der Waals surface area contributed by atoms with Crippen LogP contribution in [0.4, 0.5) is 5.13 Å². The number of thiazole rings is 1. The van der Waals surface area contributed by atoms with Gasteiger partial charge in [0.15, 0.2) is 5.13 Å². The zero-order chi connectivity index (χ0) is 10.9. The second-order valence-electron chi connectivity index (χ2n) is 2.61. The minimum Gasteiger partial charge on any atom is -0.477 e. The van der Waals surface area contributed by atoms with Gasteiger partial charge in [0.1, 0.15) is 4.88 Å². The van der Waals surface area contributed by atoms with Gasteiger partial charge in [0.2, 0.25) is 10.0 Å². The maximum absolute atomic E-state index is 10.8. The fourth-order valence-corrected chi connectivity index (χ4v) is 2.44. The Hall–Kier alpha value is -1.15. The largest absolute Gasteiger partial charge is 0.477 e. The molecular weight excluding hydrogens is 228 g/mol. The van der Waals surface area contributed by atoms with Crippen molar-refractivity contribution in [2.75, 3.05) is 11.0 Å². The first-order chi connectivity index (χ1) is 6.29. The Bertz CT molecular complexity index is 462. The number of nitrogens with zero attached hydrogens (tertiary/aromatic N) is 1. The van der Waals surface area contributed by atoms with Gasteiger partial charge in [-0.05, 0) is 6.92 Å². The maximum atomic E-state index is 10.8. The summed E-state index contributed by atoms with van der Waals surface area (Å²) in [7, 11) is -3.40. The van der Waals surface area contributed by atoms with Crippen LogP contribution in [0.2, 0.25) is 0 Å². The van der Waals surface area contributed by atoms with Crippen molar-refractivity contribution in [1.82, 2.24) is 4.98 Å². The van der Waals surface area contributed by atoms with Crippen LogP contribution in [0, 0.1) is 6.92 Å². The maximum Gasteiger partial charge on any atom is 0.347 e. The van der Waals surface area contributed by atoms with Crippen LogP contribution >= 0.6 is 11.3 Å². The van der Waals surface area contributed by atoms with Crippen LogP contribution < -0.4 is 4.72 Å². The molecule has 0 spiro atoms. The minimum absolute atomic E-state index is 0.0381. The lowest BCUT2D eigenvalue weighted by Gasteiger charge is -1.95. The molecule has 1 aromatic rings. The summed E-state index contributed by atoms with van der Waals surface area (Å²) in [4.78, 5) is 14.4. The molecule has 6 nitrogen and oxygen atoms in total. The van der Waals surface area contributed by atoms with Crippen molar-refractivity contribution in [1.29, 1.82) is 0 Å². The molecule has 8 heteroatoms. The van der Waals surface area contributed by atoms with Gasteiger partial charge in [-0.1, -0.05) is 11.3 Å². The molecule has 0 saturated carbocycles. The van der Waals surface area contributed by atoms with Gasteiger partial charge in [-0.3, -0.25) is 4.72 Å². The normalized spacial score (nSPS) is 11.3. The van der Waals surface area contributed by atoms with Crippen molar-refractivity contribution in [3.8, 4) is 0 Å². The first-order valence-electron chi connectivity index (χ1n) is 3.48. The van der Waals surface area contributed by atoms with Gasteiger partial charge in [0.05, 0.1) is 11.9 Å². The van der Waals surface area contributed by atoms with Crippen LogP contribution in [0.3, 0.4) is 0 Å². The first-order valence-corrected chi connectivity index (χ1v) is 6.19. The smallest absolute Gasteiger partial charge is 0.347 e. The molecule has 0 amide bonds. The van der Waals surface area contributed by atoms with Crippen LogP contribution in [-0.2, 0) is 10.0 Å². The van der Waals surface area contributed by atoms with Gasteiger partial charge in [-0.15, -0.1) is 0 Å². The average Bonchev–Trinajstić information content (AvgIpc) is 2.26. The van der Waals surface area contributed by atoms with Gasteiger partial charge in [0.25, 0.3) is 0 Å². The van der Waals surface area contributed by atoms with E-state index in [2.05, 4.69) is 9.71 Å². The summed E-state index contributed by atoms with van der Waals surface area (Å²) in [5, 5.41) is 8.74. The fourth-order valence-electron chi connectivity index (χ4n) is 0.797. The van der Waals surface area contributed by atoms with Crippen LogP contribution in [0.25, 0.3) is 0 Å². The number of anilines is 1. The van der Waals surface area contributed by atoms with Crippen LogP contribution in [0.15, 0.2) is 0 Å². The van der Waals surface area contributed by atoms with Crippen LogP contribution in [-0.4, -0.2) is 30.7 Å². The summed E-state index contributed by atoms with van der Waals surface area (Å²) in [5.74, 6) is -1.11. The molecule has 1 rings (SSSR count). The standard InChI is InChI=1S/C6H8N2O4S2/c1-3-4(5(9)10)13-6(7-3)8-14(2,11)12/h1-2H3,(H,7,8)(H,9,10).